The lowest BCUT2D eigenvalue weighted by Gasteiger charge is -2.23. The Bertz CT molecular complexity index is 961. The van der Waals surface area contributed by atoms with Gasteiger partial charge in [-0.1, -0.05) is 73.9 Å². The summed E-state index contributed by atoms with van der Waals surface area (Å²) in [4.78, 5) is 22.2. The lowest BCUT2D eigenvalue weighted by molar-refractivity contribution is 0.0599. The first kappa shape index (κ1) is 25.6. The van der Waals surface area contributed by atoms with Gasteiger partial charge in [0.2, 0.25) is 0 Å². The van der Waals surface area contributed by atoms with Crippen molar-refractivity contribution in [1.82, 2.24) is 0 Å². The number of halogens is 2. The third-order valence-electron chi connectivity index (χ3n) is 6.76. The number of methoxy groups -OCH3 is 1. The minimum atomic E-state index is -0.919. The SMILES string of the molecule is COC(=O)c1ccc(C2CCCCC2)c(Cl)c1.O=C(O)c1ccc(C2CCCCC2)c(Cl)c1. The first-order valence-corrected chi connectivity index (χ1v) is 12.6. The summed E-state index contributed by atoms with van der Waals surface area (Å²) in [5.41, 5.74) is 3.09. The number of carbonyl (C=O) groups excluding carboxylic acids is 1. The normalized spacial score (nSPS) is 17.1. The highest BCUT2D eigenvalue weighted by atomic mass is 35.5. The Kier molecular flexibility index (Phi) is 9.64. The van der Waals surface area contributed by atoms with Crippen LogP contribution in [-0.2, 0) is 4.74 Å². The molecule has 2 aliphatic carbocycles. The van der Waals surface area contributed by atoms with E-state index in [4.69, 9.17) is 28.3 Å². The average molecular weight is 491 g/mol. The minimum Gasteiger partial charge on any atom is -0.478 e. The second kappa shape index (κ2) is 12.4. The summed E-state index contributed by atoms with van der Waals surface area (Å²) in [5.74, 6) is -0.175. The third-order valence-corrected chi connectivity index (χ3v) is 7.41. The molecule has 178 valence electrons. The van der Waals surface area contributed by atoms with Gasteiger partial charge < -0.3 is 9.84 Å². The molecule has 0 saturated heterocycles. The van der Waals surface area contributed by atoms with E-state index >= 15 is 0 Å². The lowest BCUT2D eigenvalue weighted by Crippen LogP contribution is -2.07. The van der Waals surface area contributed by atoms with Gasteiger partial charge >= 0.3 is 11.9 Å². The number of esters is 1. The van der Waals surface area contributed by atoms with Crippen LogP contribution in [-0.4, -0.2) is 24.2 Å². The third kappa shape index (κ3) is 6.97. The Morgan fingerprint density at radius 1 is 0.758 bits per heavy atom. The van der Waals surface area contributed by atoms with Crippen molar-refractivity contribution in [3.8, 4) is 0 Å². The second-order valence-electron chi connectivity index (χ2n) is 8.94. The van der Waals surface area contributed by atoms with Gasteiger partial charge in [0.05, 0.1) is 18.2 Å². The summed E-state index contributed by atoms with van der Waals surface area (Å²) < 4.78 is 4.68. The molecule has 2 aromatic rings. The van der Waals surface area contributed by atoms with E-state index in [1.165, 1.54) is 76.9 Å². The van der Waals surface area contributed by atoms with E-state index < -0.39 is 5.97 Å². The van der Waals surface area contributed by atoms with E-state index in [-0.39, 0.29) is 11.5 Å². The molecular formula is C27H32Cl2O4. The van der Waals surface area contributed by atoms with Crippen molar-refractivity contribution in [2.75, 3.05) is 7.11 Å². The Hall–Kier alpha value is -2.04. The molecule has 4 rings (SSSR count). The summed E-state index contributed by atoms with van der Waals surface area (Å²) in [7, 11) is 1.38. The van der Waals surface area contributed by atoms with E-state index in [1.807, 2.05) is 18.2 Å². The van der Waals surface area contributed by atoms with Crippen LogP contribution < -0.4 is 0 Å². The number of carboxylic acid groups (broad SMARTS) is 1. The fraction of sp³-hybridized carbons (Fsp3) is 0.481. The largest absolute Gasteiger partial charge is 0.478 e. The molecule has 33 heavy (non-hydrogen) atoms. The van der Waals surface area contributed by atoms with Crippen molar-refractivity contribution >= 4 is 35.1 Å². The number of carboxylic acids is 1. The molecule has 0 unspecified atom stereocenters. The van der Waals surface area contributed by atoms with Gasteiger partial charge in [0.15, 0.2) is 0 Å². The number of aromatic carboxylic acids is 1. The Morgan fingerprint density at radius 2 is 1.18 bits per heavy atom. The van der Waals surface area contributed by atoms with Crippen LogP contribution in [0.3, 0.4) is 0 Å². The van der Waals surface area contributed by atoms with Gasteiger partial charge in [0, 0.05) is 10.0 Å². The van der Waals surface area contributed by atoms with Crippen LogP contribution in [0.4, 0.5) is 0 Å². The van der Waals surface area contributed by atoms with Crippen LogP contribution >= 0.6 is 23.2 Å². The van der Waals surface area contributed by atoms with E-state index in [2.05, 4.69) is 4.74 Å². The number of hydrogen-bond acceptors (Lipinski definition) is 3. The van der Waals surface area contributed by atoms with Gasteiger partial charge in [-0.15, -0.1) is 0 Å². The number of rotatable bonds is 4. The van der Waals surface area contributed by atoms with Crippen LogP contribution in [0.15, 0.2) is 36.4 Å². The maximum Gasteiger partial charge on any atom is 0.337 e. The van der Waals surface area contributed by atoms with Gasteiger partial charge in [0.1, 0.15) is 0 Å². The van der Waals surface area contributed by atoms with E-state index in [1.54, 1.807) is 18.2 Å². The van der Waals surface area contributed by atoms with Gasteiger partial charge in [-0.25, -0.2) is 9.59 Å². The zero-order chi connectivity index (χ0) is 23.8. The summed E-state index contributed by atoms with van der Waals surface area (Å²) in [6.45, 7) is 0. The number of carbonyl (C=O) groups is 2. The molecule has 0 spiro atoms. The van der Waals surface area contributed by atoms with Gasteiger partial charge in [-0.2, -0.15) is 0 Å². The molecule has 0 atom stereocenters. The van der Waals surface area contributed by atoms with Crippen molar-refractivity contribution in [2.45, 2.75) is 76.0 Å². The number of hydrogen-bond donors (Lipinski definition) is 1. The molecule has 0 amide bonds. The van der Waals surface area contributed by atoms with Crippen molar-refractivity contribution in [2.24, 2.45) is 0 Å². The molecule has 0 radical (unpaired) electrons. The molecule has 2 aromatic carbocycles. The Labute approximate surface area is 206 Å². The smallest absolute Gasteiger partial charge is 0.337 e. The topological polar surface area (TPSA) is 63.6 Å². The maximum atomic E-state index is 11.4. The summed E-state index contributed by atoms with van der Waals surface area (Å²) >= 11 is 12.4. The van der Waals surface area contributed by atoms with Crippen LogP contribution in [0.1, 0.15) is 108 Å². The standard InChI is InChI=1S/C14H17ClO2.C13H15ClO2/c1-17-14(16)11-7-8-12(13(15)9-11)10-5-3-2-4-6-10;14-12-8-10(13(15)16)6-7-11(12)9-4-2-1-3-5-9/h7-10H,2-6H2,1H3;6-9H,1-5H2,(H,15,16). The molecule has 6 heteroatoms. The van der Waals surface area contributed by atoms with E-state index in [0.717, 1.165) is 5.56 Å². The number of benzene rings is 2. The quantitative estimate of drug-likeness (QED) is 0.437. The van der Waals surface area contributed by atoms with Crippen LogP contribution in [0, 0.1) is 0 Å². The molecule has 2 saturated carbocycles. The highest BCUT2D eigenvalue weighted by Gasteiger charge is 2.20. The van der Waals surface area contributed by atoms with Gasteiger partial charge in [-0.3, -0.25) is 0 Å². The molecular weight excluding hydrogens is 459 g/mol. The van der Waals surface area contributed by atoms with Crippen LogP contribution in [0.5, 0.6) is 0 Å². The van der Waals surface area contributed by atoms with Crippen LogP contribution in [0.2, 0.25) is 10.0 Å². The van der Waals surface area contributed by atoms with E-state index in [9.17, 15) is 9.59 Å². The van der Waals surface area contributed by atoms with Gasteiger partial charge in [0.25, 0.3) is 0 Å². The van der Waals surface area contributed by atoms with Crippen molar-refractivity contribution < 1.29 is 19.4 Å². The zero-order valence-electron chi connectivity index (χ0n) is 19.1. The molecule has 1 N–H and O–H groups in total. The molecule has 0 aromatic heterocycles. The molecule has 2 fully saturated rings. The highest BCUT2D eigenvalue weighted by Crippen LogP contribution is 2.37. The monoisotopic (exact) mass is 490 g/mol. The Balaban J connectivity index is 0.000000186. The molecule has 2 aliphatic rings. The van der Waals surface area contributed by atoms with Gasteiger partial charge in [-0.05, 0) is 72.9 Å². The lowest BCUT2D eigenvalue weighted by atomic mass is 9.84. The first-order chi connectivity index (χ1) is 15.9. The first-order valence-electron chi connectivity index (χ1n) is 11.8. The summed E-state index contributed by atoms with van der Waals surface area (Å²) in [6, 6.07) is 10.6. The van der Waals surface area contributed by atoms with Crippen molar-refractivity contribution in [3.63, 3.8) is 0 Å². The second-order valence-corrected chi connectivity index (χ2v) is 9.75. The highest BCUT2D eigenvalue weighted by molar-refractivity contribution is 6.32. The predicted molar refractivity (Wildman–Crippen MR) is 133 cm³/mol. The molecule has 0 bridgehead atoms. The molecule has 0 heterocycles. The summed E-state index contributed by atoms with van der Waals surface area (Å²) in [5, 5.41) is 10.1. The van der Waals surface area contributed by atoms with Crippen molar-refractivity contribution in [1.29, 1.82) is 0 Å². The minimum absolute atomic E-state index is 0.268. The van der Waals surface area contributed by atoms with Crippen LogP contribution in [0.25, 0.3) is 0 Å². The van der Waals surface area contributed by atoms with Crippen molar-refractivity contribution in [3.05, 3.63) is 68.7 Å². The van der Waals surface area contributed by atoms with E-state index in [0.29, 0.717) is 27.4 Å². The predicted octanol–water partition coefficient (Wildman–Crippen LogP) is 8.26. The molecule has 0 aliphatic heterocycles. The fourth-order valence-corrected chi connectivity index (χ4v) is 5.59. The number of ether oxygens (including phenoxy) is 1. The maximum absolute atomic E-state index is 11.4. The fourth-order valence-electron chi connectivity index (χ4n) is 4.92. The zero-order valence-corrected chi connectivity index (χ0v) is 20.6. The molecule has 4 nitrogen and oxygen atoms in total. The average Bonchev–Trinajstić information content (AvgIpc) is 2.85. The Morgan fingerprint density at radius 3 is 1.58 bits per heavy atom. The summed E-state index contributed by atoms with van der Waals surface area (Å²) in [6.07, 6.45) is 12.4.